The molecule has 1 nitrogen and oxygen atoms in total. The lowest BCUT2D eigenvalue weighted by atomic mass is 9.79. The molecule has 52 heavy (non-hydrogen) atoms. The van der Waals surface area contributed by atoms with Gasteiger partial charge in [-0.05, 0) is 89.0 Å². The smallest absolute Gasteiger partial charge is 0.143 e. The van der Waals surface area contributed by atoms with Crippen molar-refractivity contribution in [3.8, 4) is 44.5 Å². The molecule has 0 amide bonds. The maximum atomic E-state index is 7.12. The number of rotatable bonds is 3. The van der Waals surface area contributed by atoms with E-state index < -0.39 is 0 Å². The first kappa shape index (κ1) is 29.3. The van der Waals surface area contributed by atoms with Crippen LogP contribution in [0.4, 0.5) is 0 Å². The molecule has 9 aromatic carbocycles. The number of furan rings is 1. The zero-order chi connectivity index (χ0) is 34.6. The van der Waals surface area contributed by atoms with Crippen LogP contribution in [0.5, 0.6) is 0 Å². The highest BCUT2D eigenvalue weighted by Crippen LogP contribution is 2.57. The Morgan fingerprint density at radius 3 is 1.65 bits per heavy atom. The van der Waals surface area contributed by atoms with Crippen LogP contribution >= 0.6 is 0 Å². The first-order valence-electron chi connectivity index (χ1n) is 18.2. The zero-order valence-corrected chi connectivity index (χ0v) is 29.1. The van der Waals surface area contributed by atoms with Gasteiger partial charge in [-0.3, -0.25) is 0 Å². The topological polar surface area (TPSA) is 13.1 Å². The predicted octanol–water partition coefficient (Wildman–Crippen LogP) is 14.4. The minimum atomic E-state index is -0.185. The molecule has 0 aliphatic heterocycles. The molecule has 1 aliphatic carbocycles. The van der Waals surface area contributed by atoms with E-state index in [0.717, 1.165) is 16.7 Å². The fourth-order valence-corrected chi connectivity index (χ4v) is 9.25. The van der Waals surface area contributed by atoms with Gasteiger partial charge in [0.1, 0.15) is 11.2 Å². The molecule has 0 fully saturated rings. The Bertz CT molecular complexity index is 3010. The van der Waals surface area contributed by atoms with Gasteiger partial charge in [0.2, 0.25) is 0 Å². The Morgan fingerprint density at radius 1 is 0.385 bits per heavy atom. The lowest BCUT2D eigenvalue weighted by Gasteiger charge is -2.23. The largest absolute Gasteiger partial charge is 0.455 e. The van der Waals surface area contributed by atoms with E-state index in [0.29, 0.717) is 0 Å². The van der Waals surface area contributed by atoms with Gasteiger partial charge in [0.15, 0.2) is 0 Å². The monoisotopic (exact) mass is 662 g/mol. The lowest BCUT2D eigenvalue weighted by Crippen LogP contribution is -2.15. The third-order valence-electron chi connectivity index (χ3n) is 11.7. The second-order valence-corrected chi connectivity index (χ2v) is 14.8. The van der Waals surface area contributed by atoms with E-state index in [9.17, 15) is 0 Å². The van der Waals surface area contributed by atoms with Crippen molar-refractivity contribution < 1.29 is 4.42 Å². The molecule has 0 bridgehead atoms. The molecule has 0 spiro atoms. The second-order valence-electron chi connectivity index (χ2n) is 14.8. The number of fused-ring (bicyclic) bond motifs is 11. The van der Waals surface area contributed by atoms with Gasteiger partial charge in [0.25, 0.3) is 0 Å². The van der Waals surface area contributed by atoms with Crippen LogP contribution < -0.4 is 0 Å². The van der Waals surface area contributed by atoms with Gasteiger partial charge in [-0.2, -0.15) is 0 Å². The van der Waals surface area contributed by atoms with Crippen molar-refractivity contribution in [1.82, 2.24) is 0 Å². The molecule has 0 radical (unpaired) electrons. The first-order chi connectivity index (χ1) is 25.6. The van der Waals surface area contributed by atoms with Crippen LogP contribution in [-0.4, -0.2) is 0 Å². The normalized spacial score (nSPS) is 13.3. The first-order valence-corrected chi connectivity index (χ1v) is 18.2. The summed E-state index contributed by atoms with van der Waals surface area (Å²) in [4.78, 5) is 0. The Balaban J connectivity index is 1.28. The van der Waals surface area contributed by atoms with Crippen molar-refractivity contribution in [2.75, 3.05) is 0 Å². The van der Waals surface area contributed by atoms with Crippen molar-refractivity contribution in [3.63, 3.8) is 0 Å². The fraction of sp³-hybridized carbons (Fsp3) is 0.0588. The van der Waals surface area contributed by atoms with E-state index in [1.807, 2.05) is 0 Å². The third-order valence-corrected chi connectivity index (χ3v) is 11.7. The number of benzene rings is 9. The molecule has 0 saturated carbocycles. The summed E-state index contributed by atoms with van der Waals surface area (Å²) in [5.74, 6) is 0. The summed E-state index contributed by atoms with van der Waals surface area (Å²) < 4.78 is 7.12. The molecule has 1 heteroatoms. The molecule has 0 N–H and O–H groups in total. The molecule has 0 atom stereocenters. The van der Waals surface area contributed by atoms with Crippen LogP contribution in [0.3, 0.4) is 0 Å². The van der Waals surface area contributed by atoms with Crippen LogP contribution in [0.2, 0.25) is 0 Å². The van der Waals surface area contributed by atoms with Gasteiger partial charge in [-0.1, -0.05) is 172 Å². The maximum Gasteiger partial charge on any atom is 0.143 e. The van der Waals surface area contributed by atoms with E-state index in [1.165, 1.54) is 93.2 Å². The van der Waals surface area contributed by atoms with Crippen LogP contribution in [-0.2, 0) is 5.41 Å². The lowest BCUT2D eigenvalue weighted by molar-refractivity contribution is 0.657. The SMILES string of the molecule is CC1(C)c2ccccc2-c2c1cc(-c1c3ccccc3c(-c3ccc(-c4ccccc4)cc3)c3ccccc13)c1oc3ccc4ccccc4c3c21. The molecule has 1 aliphatic rings. The van der Waals surface area contributed by atoms with Gasteiger partial charge >= 0.3 is 0 Å². The molecule has 0 saturated heterocycles. The third kappa shape index (κ3) is 3.99. The van der Waals surface area contributed by atoms with Gasteiger partial charge in [0.05, 0.1) is 0 Å². The van der Waals surface area contributed by atoms with Crippen molar-refractivity contribution in [2.24, 2.45) is 0 Å². The van der Waals surface area contributed by atoms with Crippen LogP contribution in [0.1, 0.15) is 25.0 Å². The number of hydrogen-bond donors (Lipinski definition) is 0. The molecule has 244 valence electrons. The van der Waals surface area contributed by atoms with Gasteiger partial charge < -0.3 is 4.42 Å². The molecular weight excluding hydrogens is 629 g/mol. The minimum absolute atomic E-state index is 0.185. The fourth-order valence-electron chi connectivity index (χ4n) is 9.25. The minimum Gasteiger partial charge on any atom is -0.455 e. The summed E-state index contributed by atoms with van der Waals surface area (Å²) in [6.07, 6.45) is 0. The highest BCUT2D eigenvalue weighted by Gasteiger charge is 2.39. The quantitative estimate of drug-likeness (QED) is 0.172. The van der Waals surface area contributed by atoms with Crippen LogP contribution in [0.15, 0.2) is 174 Å². The summed E-state index contributed by atoms with van der Waals surface area (Å²) in [6, 6.07) is 62.1. The van der Waals surface area contributed by atoms with E-state index in [1.54, 1.807) is 0 Å². The van der Waals surface area contributed by atoms with E-state index >= 15 is 0 Å². The molecule has 10 aromatic rings. The summed E-state index contributed by atoms with van der Waals surface area (Å²) in [5, 5.41) is 9.79. The molecule has 0 unspecified atom stereocenters. The maximum absolute atomic E-state index is 7.12. The Hall–Kier alpha value is -6.44. The molecule has 11 rings (SSSR count). The van der Waals surface area contributed by atoms with E-state index in [-0.39, 0.29) is 5.41 Å². The Kier molecular flexibility index (Phi) is 6.08. The second kappa shape index (κ2) is 10.8. The Labute approximate surface area is 302 Å². The Morgan fingerprint density at radius 2 is 0.942 bits per heavy atom. The van der Waals surface area contributed by atoms with Crippen molar-refractivity contribution in [2.45, 2.75) is 19.3 Å². The van der Waals surface area contributed by atoms with Gasteiger partial charge in [-0.15, -0.1) is 0 Å². The van der Waals surface area contributed by atoms with Crippen LogP contribution in [0.25, 0.3) is 98.8 Å². The predicted molar refractivity (Wildman–Crippen MR) is 220 cm³/mol. The average Bonchev–Trinajstić information content (AvgIpc) is 3.70. The highest BCUT2D eigenvalue weighted by molar-refractivity contribution is 6.29. The summed E-state index contributed by atoms with van der Waals surface area (Å²) in [7, 11) is 0. The van der Waals surface area contributed by atoms with E-state index in [2.05, 4.69) is 184 Å². The van der Waals surface area contributed by atoms with Crippen LogP contribution in [0, 0.1) is 0 Å². The zero-order valence-electron chi connectivity index (χ0n) is 29.1. The van der Waals surface area contributed by atoms with Crippen molar-refractivity contribution in [3.05, 3.63) is 181 Å². The van der Waals surface area contributed by atoms with Crippen molar-refractivity contribution in [1.29, 1.82) is 0 Å². The molecule has 1 aromatic heterocycles. The number of hydrogen-bond acceptors (Lipinski definition) is 1. The average molecular weight is 663 g/mol. The summed E-state index contributed by atoms with van der Waals surface area (Å²) >= 11 is 0. The molecular formula is C51H34O. The highest BCUT2D eigenvalue weighted by atomic mass is 16.3. The van der Waals surface area contributed by atoms with Gasteiger partial charge in [-0.25, -0.2) is 0 Å². The van der Waals surface area contributed by atoms with Crippen molar-refractivity contribution >= 4 is 54.3 Å². The molecule has 1 heterocycles. The summed E-state index contributed by atoms with van der Waals surface area (Å²) in [6.45, 7) is 4.76. The van der Waals surface area contributed by atoms with Gasteiger partial charge in [0, 0.05) is 27.3 Å². The van der Waals surface area contributed by atoms with E-state index in [4.69, 9.17) is 4.42 Å². The standard InChI is InChI=1S/C51H34O/c1-51(2)42-23-13-12-22-40(42)47-43(51)30-41(50-49(47)48-35-17-7-6-16-33(35)28-29-44(48)52-50)46-38-20-10-8-18-36(38)45(37-19-9-11-21-39(37)46)34-26-24-32(25-27-34)31-14-4-3-5-15-31/h3-30H,1-2H3. The summed E-state index contributed by atoms with van der Waals surface area (Å²) in [5.41, 5.74) is 14.3.